The third kappa shape index (κ3) is 4.59. The number of amides is 2. The van der Waals surface area contributed by atoms with Crippen LogP contribution in [0.1, 0.15) is 48.7 Å². The van der Waals surface area contributed by atoms with Crippen LogP contribution in [0.25, 0.3) is 22.3 Å². The Labute approximate surface area is 208 Å². The van der Waals surface area contributed by atoms with Crippen molar-refractivity contribution in [1.82, 2.24) is 25.2 Å². The number of hydrogen-bond donors (Lipinski definition) is 2. The summed E-state index contributed by atoms with van der Waals surface area (Å²) in [5, 5.41) is 3.04. The minimum absolute atomic E-state index is 0.0823. The van der Waals surface area contributed by atoms with Gasteiger partial charge in [-0.2, -0.15) is 0 Å². The van der Waals surface area contributed by atoms with E-state index in [1.54, 1.807) is 11.8 Å². The standard InChI is InChI=1S/C26H30FN5O4/c1-4-21(33)32-8-7-16(11-32)31-26(34)22-14(2)30-25-23(28-13-29-24(22)25)17-9-18(27)20(35-3)10-19(17)36-12-15-5-6-15/h9-10,13,15-16,30H,4-8,11-12H2,1-3H3,(H,31,34)/t16-/m1/s1. The average molecular weight is 496 g/mol. The summed E-state index contributed by atoms with van der Waals surface area (Å²) in [6.07, 6.45) is 4.74. The number of ether oxygens (including phenoxy) is 2. The number of methoxy groups -OCH3 is 1. The first kappa shape index (κ1) is 24.0. The molecule has 2 aliphatic rings. The number of hydrogen-bond acceptors (Lipinski definition) is 6. The molecule has 2 aromatic heterocycles. The Kier molecular flexibility index (Phi) is 6.51. The summed E-state index contributed by atoms with van der Waals surface area (Å²) in [5.74, 6) is 0.326. The van der Waals surface area contributed by atoms with Gasteiger partial charge in [0, 0.05) is 42.9 Å². The van der Waals surface area contributed by atoms with Gasteiger partial charge in [0.05, 0.1) is 24.8 Å². The maximum Gasteiger partial charge on any atom is 0.255 e. The first-order chi connectivity index (χ1) is 17.4. The number of rotatable bonds is 8. The SMILES string of the molecule is CCC(=O)N1CC[C@@H](NC(=O)c2c(C)[nH]c3c(-c4cc(F)c(OC)cc4OCC4CC4)ncnc23)C1. The number of benzene rings is 1. The van der Waals surface area contributed by atoms with E-state index in [-0.39, 0.29) is 23.6 Å². The van der Waals surface area contributed by atoms with E-state index in [1.165, 1.54) is 25.6 Å². The largest absolute Gasteiger partial charge is 0.494 e. The summed E-state index contributed by atoms with van der Waals surface area (Å²) in [4.78, 5) is 39.1. The van der Waals surface area contributed by atoms with Gasteiger partial charge in [-0.1, -0.05) is 6.92 Å². The molecule has 5 rings (SSSR count). The van der Waals surface area contributed by atoms with E-state index >= 15 is 0 Å². The topological polar surface area (TPSA) is 109 Å². The normalized spacial score (nSPS) is 17.4. The van der Waals surface area contributed by atoms with Crippen LogP contribution in [0.4, 0.5) is 4.39 Å². The van der Waals surface area contributed by atoms with Gasteiger partial charge in [-0.15, -0.1) is 0 Å². The maximum absolute atomic E-state index is 14.8. The second-order valence-corrected chi connectivity index (χ2v) is 9.46. The lowest BCUT2D eigenvalue weighted by molar-refractivity contribution is -0.129. The van der Waals surface area contributed by atoms with Gasteiger partial charge in [-0.05, 0) is 38.2 Å². The quantitative estimate of drug-likeness (QED) is 0.494. The van der Waals surface area contributed by atoms with Crippen molar-refractivity contribution in [2.24, 2.45) is 5.92 Å². The molecule has 190 valence electrons. The van der Waals surface area contributed by atoms with E-state index in [9.17, 15) is 14.0 Å². The molecule has 0 spiro atoms. The zero-order valence-electron chi connectivity index (χ0n) is 20.7. The van der Waals surface area contributed by atoms with Crippen LogP contribution in [0, 0.1) is 18.7 Å². The number of aromatic amines is 1. The van der Waals surface area contributed by atoms with Crippen LogP contribution in [0.3, 0.4) is 0 Å². The fourth-order valence-electron chi connectivity index (χ4n) is 4.68. The smallest absolute Gasteiger partial charge is 0.255 e. The van der Waals surface area contributed by atoms with Crippen LogP contribution >= 0.6 is 0 Å². The third-order valence-corrected chi connectivity index (χ3v) is 6.86. The molecule has 3 heterocycles. The Morgan fingerprint density at radius 1 is 1.22 bits per heavy atom. The number of nitrogens with zero attached hydrogens (tertiary/aromatic N) is 3. The molecule has 1 atom stereocenters. The number of fused-ring (bicyclic) bond motifs is 1. The van der Waals surface area contributed by atoms with E-state index in [0.717, 1.165) is 12.8 Å². The lowest BCUT2D eigenvalue weighted by atomic mass is 10.1. The monoisotopic (exact) mass is 495 g/mol. The first-order valence-electron chi connectivity index (χ1n) is 12.3. The van der Waals surface area contributed by atoms with Crippen LogP contribution in [0.15, 0.2) is 18.5 Å². The Morgan fingerprint density at radius 3 is 2.75 bits per heavy atom. The summed E-state index contributed by atoms with van der Waals surface area (Å²) >= 11 is 0. The van der Waals surface area contributed by atoms with Crippen molar-refractivity contribution in [2.45, 2.75) is 45.6 Å². The van der Waals surface area contributed by atoms with Gasteiger partial charge in [-0.25, -0.2) is 14.4 Å². The van der Waals surface area contributed by atoms with Crippen molar-refractivity contribution < 1.29 is 23.5 Å². The van der Waals surface area contributed by atoms with E-state index in [0.29, 0.717) is 77.8 Å². The summed E-state index contributed by atoms with van der Waals surface area (Å²) in [5.41, 5.74) is 2.89. The zero-order valence-corrected chi connectivity index (χ0v) is 20.7. The minimum atomic E-state index is -0.535. The van der Waals surface area contributed by atoms with Gasteiger partial charge in [0.25, 0.3) is 5.91 Å². The van der Waals surface area contributed by atoms with Gasteiger partial charge in [0.15, 0.2) is 11.6 Å². The number of carbonyl (C=O) groups is 2. The highest BCUT2D eigenvalue weighted by atomic mass is 19.1. The van der Waals surface area contributed by atoms with Gasteiger partial charge in [0.2, 0.25) is 5.91 Å². The molecule has 2 N–H and O–H groups in total. The highest BCUT2D eigenvalue weighted by Gasteiger charge is 2.29. The Bertz CT molecular complexity index is 1320. The number of carbonyl (C=O) groups excluding carboxylic acids is 2. The summed E-state index contributed by atoms with van der Waals surface area (Å²) < 4.78 is 26.0. The van der Waals surface area contributed by atoms with Crippen LogP contribution in [-0.4, -0.2) is 64.5 Å². The molecule has 2 fully saturated rings. The van der Waals surface area contributed by atoms with E-state index < -0.39 is 5.82 Å². The number of halogens is 1. The lowest BCUT2D eigenvalue weighted by Crippen LogP contribution is -2.38. The number of likely N-dealkylation sites (tertiary alicyclic amines) is 1. The molecule has 9 nitrogen and oxygen atoms in total. The van der Waals surface area contributed by atoms with Gasteiger partial charge >= 0.3 is 0 Å². The molecular weight excluding hydrogens is 465 g/mol. The van der Waals surface area contributed by atoms with Crippen LogP contribution in [0.5, 0.6) is 11.5 Å². The number of aromatic nitrogens is 3. The Balaban J connectivity index is 1.48. The van der Waals surface area contributed by atoms with Crippen molar-refractivity contribution in [3.05, 3.63) is 35.5 Å². The molecule has 1 aliphatic carbocycles. The van der Waals surface area contributed by atoms with E-state index in [1.807, 2.05) is 6.92 Å². The molecule has 10 heteroatoms. The maximum atomic E-state index is 14.8. The molecular formula is C26H30FN5O4. The molecule has 1 saturated heterocycles. The van der Waals surface area contributed by atoms with Crippen LogP contribution in [-0.2, 0) is 4.79 Å². The average Bonchev–Trinajstić information content (AvgIpc) is 3.48. The highest BCUT2D eigenvalue weighted by molar-refractivity contribution is 6.09. The number of H-pyrrole nitrogens is 1. The van der Waals surface area contributed by atoms with Crippen molar-refractivity contribution in [3.8, 4) is 22.8 Å². The third-order valence-electron chi connectivity index (χ3n) is 6.86. The molecule has 1 aliphatic heterocycles. The van der Waals surface area contributed by atoms with Crippen LogP contribution in [0.2, 0.25) is 0 Å². The molecule has 0 unspecified atom stereocenters. The summed E-state index contributed by atoms with van der Waals surface area (Å²) in [7, 11) is 1.41. The summed E-state index contributed by atoms with van der Waals surface area (Å²) in [6.45, 7) is 5.28. The molecule has 3 aromatic rings. The molecule has 2 amide bonds. The molecule has 1 saturated carbocycles. The second kappa shape index (κ2) is 9.75. The zero-order chi connectivity index (χ0) is 25.4. The second-order valence-electron chi connectivity index (χ2n) is 9.46. The molecule has 1 aromatic carbocycles. The number of aryl methyl sites for hydroxylation is 1. The fourth-order valence-corrected chi connectivity index (χ4v) is 4.68. The Morgan fingerprint density at radius 2 is 2.03 bits per heavy atom. The van der Waals surface area contributed by atoms with Gasteiger partial charge < -0.3 is 24.7 Å². The predicted octanol–water partition coefficient (Wildman–Crippen LogP) is 3.61. The van der Waals surface area contributed by atoms with Gasteiger partial charge in [-0.3, -0.25) is 9.59 Å². The first-order valence-corrected chi connectivity index (χ1v) is 12.3. The molecule has 0 bridgehead atoms. The van der Waals surface area contributed by atoms with E-state index in [2.05, 4.69) is 20.3 Å². The highest BCUT2D eigenvalue weighted by Crippen LogP contribution is 2.39. The fraction of sp³-hybridized carbons (Fsp3) is 0.462. The molecule has 36 heavy (non-hydrogen) atoms. The molecule has 0 radical (unpaired) electrons. The summed E-state index contributed by atoms with van der Waals surface area (Å²) in [6, 6.07) is 2.75. The van der Waals surface area contributed by atoms with Crippen molar-refractivity contribution in [2.75, 3.05) is 26.8 Å². The number of nitrogens with one attached hydrogen (secondary N) is 2. The predicted molar refractivity (Wildman–Crippen MR) is 132 cm³/mol. The lowest BCUT2D eigenvalue weighted by Gasteiger charge is -2.16. The van der Waals surface area contributed by atoms with Crippen LogP contribution < -0.4 is 14.8 Å². The van der Waals surface area contributed by atoms with Gasteiger partial charge in [0.1, 0.15) is 23.3 Å². The van der Waals surface area contributed by atoms with Crippen molar-refractivity contribution >= 4 is 22.8 Å². The van der Waals surface area contributed by atoms with Crippen molar-refractivity contribution in [3.63, 3.8) is 0 Å². The minimum Gasteiger partial charge on any atom is -0.494 e. The Hall–Kier alpha value is -3.69. The van der Waals surface area contributed by atoms with Crippen molar-refractivity contribution in [1.29, 1.82) is 0 Å². The van der Waals surface area contributed by atoms with E-state index in [4.69, 9.17) is 9.47 Å².